The van der Waals surface area contributed by atoms with E-state index in [2.05, 4.69) is 83.8 Å². The Morgan fingerprint density at radius 1 is 0.559 bits per heavy atom. The summed E-state index contributed by atoms with van der Waals surface area (Å²) in [5, 5.41) is 5.90. The molecule has 0 atom stereocenters. The summed E-state index contributed by atoms with van der Waals surface area (Å²) in [5.41, 5.74) is 4.27. The third-order valence-electron chi connectivity index (χ3n) is 6.08. The van der Waals surface area contributed by atoms with Gasteiger partial charge in [-0.2, -0.15) is 0 Å². The van der Waals surface area contributed by atoms with Gasteiger partial charge in [0.15, 0.2) is 0 Å². The Morgan fingerprint density at radius 3 is 2.06 bits per heavy atom. The highest BCUT2D eigenvalue weighted by Crippen LogP contribution is 2.29. The molecule has 1 radical (unpaired) electrons. The van der Waals surface area contributed by atoms with Crippen molar-refractivity contribution >= 4 is 48.3 Å². The van der Waals surface area contributed by atoms with E-state index in [9.17, 15) is 0 Å². The molecular formula is C30H21AlNO2. The molecule has 161 valence electrons. The van der Waals surface area contributed by atoms with E-state index in [1.165, 1.54) is 27.3 Å². The van der Waals surface area contributed by atoms with Gasteiger partial charge in [-0.25, -0.2) is 4.98 Å². The van der Waals surface area contributed by atoms with Crippen LogP contribution in [0.25, 0.3) is 43.6 Å². The van der Waals surface area contributed by atoms with Crippen LogP contribution in [-0.2, 0) is 0 Å². The lowest BCUT2D eigenvalue weighted by molar-refractivity contribution is 0.461. The van der Waals surface area contributed by atoms with Crippen LogP contribution in [0.4, 0.5) is 0 Å². The molecule has 1 aromatic heterocycles. The van der Waals surface area contributed by atoms with Gasteiger partial charge in [0.25, 0.3) is 0 Å². The SMILES string of the molecule is Cc1ccc2cccc([O][Al][O]c3ccc4cc(-c5ccc6ccccc6c5)ccc4c3)c2n1. The number of hydrogen-bond acceptors (Lipinski definition) is 3. The molecule has 3 nitrogen and oxygen atoms in total. The van der Waals surface area contributed by atoms with Crippen molar-refractivity contribution in [3.8, 4) is 22.6 Å². The second kappa shape index (κ2) is 8.84. The van der Waals surface area contributed by atoms with Gasteiger partial charge in [0.1, 0.15) is 11.3 Å². The Hall–Kier alpha value is -3.84. The Morgan fingerprint density at radius 2 is 1.21 bits per heavy atom. The number of aromatic nitrogens is 1. The lowest BCUT2D eigenvalue weighted by Crippen LogP contribution is -2.11. The van der Waals surface area contributed by atoms with Crippen molar-refractivity contribution in [2.75, 3.05) is 0 Å². The summed E-state index contributed by atoms with van der Waals surface area (Å²) in [6.07, 6.45) is 0. The largest absolute Gasteiger partial charge is 0.881 e. The number of nitrogens with zero attached hydrogens (tertiary/aromatic N) is 1. The van der Waals surface area contributed by atoms with Crippen LogP contribution in [0.3, 0.4) is 0 Å². The molecule has 0 fully saturated rings. The molecule has 6 aromatic rings. The summed E-state index contributed by atoms with van der Waals surface area (Å²) in [4.78, 5) is 4.62. The maximum Gasteiger partial charge on any atom is 0.881 e. The standard InChI is InChI=1S/C20H14O.C10H9NO.Al/c21-20-10-9-18-12-17(7-8-19(18)13-20)16-6-5-14-3-1-2-4-15(14)11-16;1-7-5-6-8-3-2-4-9(12)10(8)11-7;/h1-13,21H;2-6,12H,1H3;/q;;+2/p-2. The number of rotatable bonds is 5. The topological polar surface area (TPSA) is 31.4 Å². The average Bonchev–Trinajstić information content (AvgIpc) is 2.88. The summed E-state index contributed by atoms with van der Waals surface area (Å²) >= 11 is -0.709. The fourth-order valence-electron chi connectivity index (χ4n) is 4.29. The van der Waals surface area contributed by atoms with Crippen LogP contribution < -0.4 is 7.58 Å². The first kappa shape index (κ1) is 20.7. The molecular weight excluding hydrogens is 433 g/mol. The normalized spacial score (nSPS) is 11.1. The van der Waals surface area contributed by atoms with E-state index >= 15 is 0 Å². The molecule has 0 aliphatic rings. The maximum atomic E-state index is 6.00. The summed E-state index contributed by atoms with van der Waals surface area (Å²) < 4.78 is 12.0. The number of benzene rings is 5. The predicted octanol–water partition coefficient (Wildman–Crippen LogP) is 7.51. The summed E-state index contributed by atoms with van der Waals surface area (Å²) in [7, 11) is 0. The Bertz CT molecular complexity index is 1660. The number of para-hydroxylation sites is 1. The molecule has 0 saturated heterocycles. The van der Waals surface area contributed by atoms with Gasteiger partial charge in [0, 0.05) is 11.1 Å². The van der Waals surface area contributed by atoms with Gasteiger partial charge in [0.05, 0.1) is 5.75 Å². The van der Waals surface area contributed by atoms with Crippen molar-refractivity contribution in [2.24, 2.45) is 0 Å². The zero-order valence-corrected chi connectivity index (χ0v) is 19.9. The monoisotopic (exact) mass is 454 g/mol. The van der Waals surface area contributed by atoms with Crippen molar-refractivity contribution in [1.29, 1.82) is 0 Å². The lowest BCUT2D eigenvalue weighted by Gasteiger charge is -2.12. The number of hydrogen-bond donors (Lipinski definition) is 0. The van der Waals surface area contributed by atoms with Gasteiger partial charge in [-0.05, 0) is 76.0 Å². The van der Waals surface area contributed by atoms with E-state index in [1.807, 2.05) is 37.3 Å². The van der Waals surface area contributed by atoms with Gasteiger partial charge in [-0.3, -0.25) is 0 Å². The van der Waals surface area contributed by atoms with Gasteiger partial charge < -0.3 is 7.58 Å². The third-order valence-corrected chi connectivity index (χ3v) is 6.79. The fraction of sp³-hybridized carbons (Fsp3) is 0.0333. The summed E-state index contributed by atoms with van der Waals surface area (Å²) in [6.45, 7) is 1.99. The fourth-order valence-corrected chi connectivity index (χ4v) is 4.89. The molecule has 0 spiro atoms. The number of aryl methyl sites for hydroxylation is 1. The number of pyridine rings is 1. The predicted molar refractivity (Wildman–Crippen MR) is 140 cm³/mol. The molecule has 4 heteroatoms. The molecule has 5 aromatic carbocycles. The van der Waals surface area contributed by atoms with Crippen molar-refractivity contribution in [3.63, 3.8) is 0 Å². The van der Waals surface area contributed by atoms with Gasteiger partial charge in [0.2, 0.25) is 0 Å². The zero-order valence-electron chi connectivity index (χ0n) is 18.7. The minimum atomic E-state index is -0.709. The second-order valence-corrected chi connectivity index (χ2v) is 9.06. The highest BCUT2D eigenvalue weighted by atomic mass is 27.2. The minimum Gasteiger partial charge on any atom is -0.616 e. The van der Waals surface area contributed by atoms with Crippen LogP contribution in [0, 0.1) is 6.92 Å². The van der Waals surface area contributed by atoms with Gasteiger partial charge in [-0.15, -0.1) is 0 Å². The van der Waals surface area contributed by atoms with Gasteiger partial charge in [-0.1, -0.05) is 72.8 Å². The van der Waals surface area contributed by atoms with Crippen LogP contribution in [-0.4, -0.2) is 20.9 Å². The molecule has 0 saturated carbocycles. The van der Waals surface area contributed by atoms with Gasteiger partial charge >= 0.3 is 15.9 Å². The van der Waals surface area contributed by atoms with E-state index in [1.54, 1.807) is 0 Å². The third kappa shape index (κ3) is 4.10. The van der Waals surface area contributed by atoms with E-state index in [0.29, 0.717) is 0 Å². The summed E-state index contributed by atoms with van der Waals surface area (Å²) in [5.74, 6) is 1.57. The molecule has 0 amide bonds. The first-order chi connectivity index (χ1) is 16.7. The Kier molecular flexibility index (Phi) is 5.39. The average molecular weight is 454 g/mol. The molecule has 0 aliphatic carbocycles. The maximum absolute atomic E-state index is 6.00. The van der Waals surface area contributed by atoms with Crippen molar-refractivity contribution in [2.45, 2.75) is 6.92 Å². The zero-order chi connectivity index (χ0) is 22.9. The highest BCUT2D eigenvalue weighted by molar-refractivity contribution is 6.21. The van der Waals surface area contributed by atoms with Crippen LogP contribution in [0.1, 0.15) is 5.69 Å². The van der Waals surface area contributed by atoms with Crippen molar-refractivity contribution < 1.29 is 7.58 Å². The van der Waals surface area contributed by atoms with E-state index in [0.717, 1.165) is 33.5 Å². The molecule has 0 bridgehead atoms. The van der Waals surface area contributed by atoms with E-state index in [-0.39, 0.29) is 0 Å². The van der Waals surface area contributed by atoms with Crippen molar-refractivity contribution in [1.82, 2.24) is 4.98 Å². The second-order valence-electron chi connectivity index (χ2n) is 8.40. The Balaban J connectivity index is 1.20. The number of fused-ring (bicyclic) bond motifs is 3. The molecule has 1 heterocycles. The first-order valence-corrected chi connectivity index (χ1v) is 12.2. The van der Waals surface area contributed by atoms with E-state index < -0.39 is 15.9 Å². The summed E-state index contributed by atoms with van der Waals surface area (Å²) in [6, 6.07) is 37.9. The van der Waals surface area contributed by atoms with Crippen LogP contribution in [0.15, 0.2) is 109 Å². The molecule has 6 rings (SSSR count). The lowest BCUT2D eigenvalue weighted by atomic mass is 9.98. The molecule has 0 N–H and O–H groups in total. The molecule has 34 heavy (non-hydrogen) atoms. The van der Waals surface area contributed by atoms with Crippen molar-refractivity contribution in [3.05, 3.63) is 115 Å². The molecule has 0 unspecified atom stereocenters. The Labute approximate surface area is 205 Å². The minimum absolute atomic E-state index is 0.709. The molecule has 0 aliphatic heterocycles. The first-order valence-electron chi connectivity index (χ1n) is 11.3. The van der Waals surface area contributed by atoms with Crippen LogP contribution >= 0.6 is 0 Å². The highest BCUT2D eigenvalue weighted by Gasteiger charge is 2.10. The van der Waals surface area contributed by atoms with E-state index in [4.69, 9.17) is 7.58 Å². The van der Waals surface area contributed by atoms with Crippen LogP contribution in [0.5, 0.6) is 11.5 Å². The van der Waals surface area contributed by atoms with Crippen LogP contribution in [0.2, 0.25) is 0 Å². The quantitative estimate of drug-likeness (QED) is 0.253. The smallest absolute Gasteiger partial charge is 0.616 e.